The van der Waals surface area contributed by atoms with Crippen LogP contribution in [0, 0.1) is 18.2 Å². The Hall–Kier alpha value is -1.22. The molecule has 3 heteroatoms. The molecule has 2 rings (SSSR count). The van der Waals surface area contributed by atoms with E-state index >= 15 is 0 Å². The largest absolute Gasteiger partial charge is 0.367 e. The Kier molecular flexibility index (Phi) is 4.52. The third-order valence-electron chi connectivity index (χ3n) is 4.67. The molecule has 0 spiro atoms. The Morgan fingerprint density at radius 2 is 1.86 bits per heavy atom. The van der Waals surface area contributed by atoms with Crippen molar-refractivity contribution in [3.8, 4) is 0 Å². The molecule has 0 atom stereocenters. The number of ketones is 1. The molecule has 1 fully saturated rings. The first-order chi connectivity index (χ1) is 9.80. The predicted molar refractivity (Wildman–Crippen MR) is 82.1 cm³/mol. The first kappa shape index (κ1) is 16.2. The minimum absolute atomic E-state index is 0.00273. The standard InChI is InChI=1S/C18H25FO2/c1-5-21-18(10-8-17(3,4)9-11-18)16(20)14-6-7-15(19)13(2)12-14/h6-7,12H,5,8-11H2,1-4H3. The quantitative estimate of drug-likeness (QED) is 0.752. The molecule has 2 nitrogen and oxygen atoms in total. The van der Waals surface area contributed by atoms with Crippen LogP contribution in [-0.2, 0) is 4.74 Å². The monoisotopic (exact) mass is 292 g/mol. The molecule has 1 aliphatic rings. The van der Waals surface area contributed by atoms with Crippen molar-refractivity contribution in [1.29, 1.82) is 0 Å². The van der Waals surface area contributed by atoms with E-state index in [4.69, 9.17) is 4.74 Å². The van der Waals surface area contributed by atoms with E-state index in [1.807, 2.05) is 6.92 Å². The van der Waals surface area contributed by atoms with Crippen LogP contribution in [0.4, 0.5) is 4.39 Å². The number of halogens is 1. The predicted octanol–water partition coefficient (Wildman–Crippen LogP) is 4.69. The lowest BCUT2D eigenvalue weighted by atomic mass is 9.68. The van der Waals surface area contributed by atoms with Gasteiger partial charge in [-0.25, -0.2) is 4.39 Å². The molecule has 1 aliphatic carbocycles. The highest BCUT2D eigenvalue weighted by atomic mass is 19.1. The fourth-order valence-electron chi connectivity index (χ4n) is 3.09. The van der Waals surface area contributed by atoms with Crippen LogP contribution < -0.4 is 0 Å². The zero-order valence-corrected chi connectivity index (χ0v) is 13.5. The van der Waals surface area contributed by atoms with Gasteiger partial charge in [-0.3, -0.25) is 4.79 Å². The minimum atomic E-state index is -0.728. The zero-order chi connectivity index (χ0) is 15.7. The molecule has 1 saturated carbocycles. The number of rotatable bonds is 4. The summed E-state index contributed by atoms with van der Waals surface area (Å²) >= 11 is 0. The number of hydrogen-bond acceptors (Lipinski definition) is 2. The Morgan fingerprint density at radius 3 is 2.38 bits per heavy atom. The van der Waals surface area contributed by atoms with Gasteiger partial charge >= 0.3 is 0 Å². The number of carbonyl (C=O) groups excluding carboxylic acids is 1. The van der Waals surface area contributed by atoms with Gasteiger partial charge < -0.3 is 4.74 Å². The van der Waals surface area contributed by atoms with Gasteiger partial charge in [0.15, 0.2) is 5.78 Å². The highest BCUT2D eigenvalue weighted by Crippen LogP contribution is 2.43. The lowest BCUT2D eigenvalue weighted by Gasteiger charge is -2.42. The lowest BCUT2D eigenvalue weighted by Crippen LogP contribution is -2.46. The Balaban J connectivity index is 2.29. The van der Waals surface area contributed by atoms with E-state index in [2.05, 4.69) is 13.8 Å². The van der Waals surface area contributed by atoms with Crippen molar-refractivity contribution in [1.82, 2.24) is 0 Å². The first-order valence-corrected chi connectivity index (χ1v) is 7.75. The van der Waals surface area contributed by atoms with E-state index in [1.165, 1.54) is 6.07 Å². The van der Waals surface area contributed by atoms with Gasteiger partial charge in [0.05, 0.1) is 0 Å². The van der Waals surface area contributed by atoms with Crippen molar-refractivity contribution < 1.29 is 13.9 Å². The van der Waals surface area contributed by atoms with Crippen LogP contribution in [0.5, 0.6) is 0 Å². The topological polar surface area (TPSA) is 26.3 Å². The number of carbonyl (C=O) groups is 1. The van der Waals surface area contributed by atoms with Crippen LogP contribution in [0.3, 0.4) is 0 Å². The second-order valence-corrected chi connectivity index (χ2v) is 6.88. The summed E-state index contributed by atoms with van der Waals surface area (Å²) in [4.78, 5) is 12.9. The number of ether oxygens (including phenoxy) is 1. The molecule has 0 amide bonds. The normalized spacial score (nSPS) is 20.2. The maximum Gasteiger partial charge on any atom is 0.194 e. The van der Waals surface area contributed by atoms with Gasteiger partial charge in [-0.15, -0.1) is 0 Å². The molecular formula is C18H25FO2. The van der Waals surface area contributed by atoms with Crippen LogP contribution in [0.2, 0.25) is 0 Å². The number of aryl methyl sites for hydroxylation is 1. The van der Waals surface area contributed by atoms with Gasteiger partial charge in [0.1, 0.15) is 11.4 Å². The van der Waals surface area contributed by atoms with Gasteiger partial charge in [-0.2, -0.15) is 0 Å². The smallest absolute Gasteiger partial charge is 0.194 e. The van der Waals surface area contributed by atoms with Crippen molar-refractivity contribution in [2.75, 3.05) is 6.61 Å². The Labute approximate surface area is 126 Å². The summed E-state index contributed by atoms with van der Waals surface area (Å²) in [6.45, 7) is 8.59. The average molecular weight is 292 g/mol. The molecule has 0 bridgehead atoms. The van der Waals surface area contributed by atoms with Crippen molar-refractivity contribution in [2.45, 2.75) is 59.0 Å². The van der Waals surface area contributed by atoms with Crippen LogP contribution in [0.15, 0.2) is 18.2 Å². The van der Waals surface area contributed by atoms with Crippen LogP contribution in [0.25, 0.3) is 0 Å². The van der Waals surface area contributed by atoms with Gasteiger partial charge in [0.25, 0.3) is 0 Å². The van der Waals surface area contributed by atoms with Crippen molar-refractivity contribution >= 4 is 5.78 Å². The summed E-state index contributed by atoms with van der Waals surface area (Å²) < 4.78 is 19.3. The second kappa shape index (κ2) is 5.88. The van der Waals surface area contributed by atoms with Gasteiger partial charge in [0.2, 0.25) is 0 Å². The number of hydrogen-bond donors (Lipinski definition) is 0. The third-order valence-corrected chi connectivity index (χ3v) is 4.67. The number of Topliss-reactive ketones (excluding diaryl/α,β-unsaturated/α-hetero) is 1. The summed E-state index contributed by atoms with van der Waals surface area (Å²) in [5.74, 6) is -0.273. The minimum Gasteiger partial charge on any atom is -0.367 e. The molecule has 0 saturated heterocycles. The van der Waals surface area contributed by atoms with Gasteiger partial charge in [0, 0.05) is 12.2 Å². The van der Waals surface area contributed by atoms with Crippen molar-refractivity contribution in [3.05, 3.63) is 35.1 Å². The zero-order valence-electron chi connectivity index (χ0n) is 13.5. The SMILES string of the molecule is CCOC1(C(=O)c2ccc(F)c(C)c2)CCC(C)(C)CC1. The molecule has 0 N–H and O–H groups in total. The molecule has 0 aromatic heterocycles. The second-order valence-electron chi connectivity index (χ2n) is 6.88. The van der Waals surface area contributed by atoms with Crippen molar-refractivity contribution in [2.24, 2.45) is 5.41 Å². The maximum atomic E-state index is 13.4. The number of benzene rings is 1. The Morgan fingerprint density at radius 1 is 1.24 bits per heavy atom. The molecule has 0 unspecified atom stereocenters. The lowest BCUT2D eigenvalue weighted by molar-refractivity contribution is -0.0580. The molecule has 21 heavy (non-hydrogen) atoms. The fraction of sp³-hybridized carbons (Fsp3) is 0.611. The highest BCUT2D eigenvalue weighted by Gasteiger charge is 2.44. The van der Waals surface area contributed by atoms with Gasteiger partial charge in [-0.05, 0) is 68.7 Å². The summed E-state index contributed by atoms with van der Waals surface area (Å²) in [6, 6.07) is 4.58. The maximum absolute atomic E-state index is 13.4. The fourth-order valence-corrected chi connectivity index (χ4v) is 3.09. The van der Waals surface area contributed by atoms with E-state index in [9.17, 15) is 9.18 Å². The van der Waals surface area contributed by atoms with E-state index in [-0.39, 0.29) is 17.0 Å². The molecule has 116 valence electrons. The Bertz CT molecular complexity index is 524. The van der Waals surface area contributed by atoms with E-state index < -0.39 is 5.60 Å². The molecule has 0 heterocycles. The molecule has 1 aromatic carbocycles. The average Bonchev–Trinajstić information content (AvgIpc) is 2.44. The van der Waals surface area contributed by atoms with Crippen molar-refractivity contribution in [3.63, 3.8) is 0 Å². The summed E-state index contributed by atoms with van der Waals surface area (Å²) in [5.41, 5.74) is 0.597. The van der Waals surface area contributed by atoms with E-state index in [0.717, 1.165) is 25.7 Å². The van der Waals surface area contributed by atoms with Gasteiger partial charge in [-0.1, -0.05) is 13.8 Å². The summed E-state index contributed by atoms with van der Waals surface area (Å²) in [6.07, 6.45) is 3.42. The van der Waals surface area contributed by atoms with E-state index in [1.54, 1.807) is 19.1 Å². The van der Waals surface area contributed by atoms with Crippen LogP contribution in [0.1, 0.15) is 62.4 Å². The molecule has 1 aromatic rings. The highest BCUT2D eigenvalue weighted by molar-refractivity contribution is 6.02. The summed E-state index contributed by atoms with van der Waals surface area (Å²) in [7, 11) is 0. The molecule has 0 radical (unpaired) electrons. The molecule has 0 aliphatic heterocycles. The summed E-state index contributed by atoms with van der Waals surface area (Å²) in [5, 5.41) is 0. The molecular weight excluding hydrogens is 267 g/mol. The third kappa shape index (κ3) is 3.34. The van der Waals surface area contributed by atoms with Crippen LogP contribution >= 0.6 is 0 Å². The van der Waals surface area contributed by atoms with E-state index in [0.29, 0.717) is 17.7 Å². The first-order valence-electron chi connectivity index (χ1n) is 7.75. The van der Waals surface area contributed by atoms with Crippen LogP contribution in [-0.4, -0.2) is 18.0 Å².